The highest BCUT2D eigenvalue weighted by Crippen LogP contribution is 2.42. The van der Waals surface area contributed by atoms with Gasteiger partial charge in [-0.05, 0) is 42.8 Å². The lowest BCUT2D eigenvalue weighted by Gasteiger charge is -2.17. The van der Waals surface area contributed by atoms with Crippen LogP contribution in [0.4, 0.5) is 5.69 Å². The molecule has 0 radical (unpaired) electrons. The molecular formula is C19H17BrN2O4S. The Balaban J connectivity index is 1.95. The van der Waals surface area contributed by atoms with Gasteiger partial charge in [0.05, 0.1) is 12.0 Å². The fourth-order valence-corrected chi connectivity index (χ4v) is 4.62. The predicted octanol–water partition coefficient (Wildman–Crippen LogP) is 5.74. The number of methoxy groups -OCH3 is 1. The number of benzene rings is 2. The van der Waals surface area contributed by atoms with Gasteiger partial charge in [0.2, 0.25) is 5.76 Å². The molecule has 140 valence electrons. The molecule has 0 saturated carbocycles. The number of aryl methyl sites for hydroxylation is 1. The Morgan fingerprint density at radius 1 is 1.26 bits per heavy atom. The van der Waals surface area contributed by atoms with E-state index in [-0.39, 0.29) is 22.4 Å². The van der Waals surface area contributed by atoms with Gasteiger partial charge in [0.1, 0.15) is 5.75 Å². The largest absolute Gasteiger partial charge is 0.497 e. The zero-order chi connectivity index (χ0) is 19.4. The molecule has 0 aliphatic carbocycles. The second kappa shape index (κ2) is 8.58. The summed E-state index contributed by atoms with van der Waals surface area (Å²) in [7, 11) is 1.62. The second-order valence-corrected chi connectivity index (χ2v) is 7.94. The van der Waals surface area contributed by atoms with Crippen molar-refractivity contribution in [1.82, 2.24) is 5.16 Å². The lowest BCUT2D eigenvalue weighted by Crippen LogP contribution is -2.02. The van der Waals surface area contributed by atoms with Crippen molar-refractivity contribution in [2.75, 3.05) is 7.11 Å². The molecule has 0 N–H and O–H groups in total. The number of nitrogens with zero attached hydrogens (tertiary/aromatic N) is 2. The van der Waals surface area contributed by atoms with Crippen LogP contribution in [0.25, 0.3) is 0 Å². The standard InChI is InChI=1S/C19H17BrN2O4S/c1-12-19(22(23)24)17(26-21-12)11-18(15-5-3-4-6-16(15)20)27-14-9-7-13(25-2)8-10-14/h3-10,18H,11H2,1-2H3/t18-/m0/s1. The van der Waals surface area contributed by atoms with Crippen molar-refractivity contribution in [3.8, 4) is 5.75 Å². The minimum atomic E-state index is -0.434. The Bertz CT molecular complexity index is 943. The maximum Gasteiger partial charge on any atom is 0.334 e. The number of ether oxygens (including phenoxy) is 1. The molecule has 1 atom stereocenters. The first-order valence-corrected chi connectivity index (χ1v) is 9.81. The van der Waals surface area contributed by atoms with Gasteiger partial charge < -0.3 is 9.26 Å². The van der Waals surface area contributed by atoms with Gasteiger partial charge in [-0.3, -0.25) is 10.1 Å². The van der Waals surface area contributed by atoms with Crippen molar-refractivity contribution in [2.24, 2.45) is 0 Å². The molecule has 0 saturated heterocycles. The molecule has 0 aliphatic heterocycles. The summed E-state index contributed by atoms with van der Waals surface area (Å²) >= 11 is 5.19. The number of hydrogen-bond acceptors (Lipinski definition) is 6. The lowest BCUT2D eigenvalue weighted by molar-refractivity contribution is -0.386. The Labute approximate surface area is 169 Å². The van der Waals surface area contributed by atoms with E-state index in [1.807, 2.05) is 48.5 Å². The average Bonchev–Trinajstić information content (AvgIpc) is 3.02. The minimum Gasteiger partial charge on any atom is -0.497 e. The molecule has 6 nitrogen and oxygen atoms in total. The summed E-state index contributed by atoms with van der Waals surface area (Å²) in [6.45, 7) is 1.58. The van der Waals surface area contributed by atoms with Crippen LogP contribution >= 0.6 is 27.7 Å². The van der Waals surface area contributed by atoms with Gasteiger partial charge in [0.25, 0.3) is 0 Å². The molecule has 27 heavy (non-hydrogen) atoms. The van der Waals surface area contributed by atoms with Gasteiger partial charge in [-0.1, -0.05) is 39.3 Å². The maximum atomic E-state index is 11.4. The van der Waals surface area contributed by atoms with Crippen molar-refractivity contribution in [3.63, 3.8) is 0 Å². The summed E-state index contributed by atoms with van der Waals surface area (Å²) in [6.07, 6.45) is 0.344. The highest BCUT2D eigenvalue weighted by molar-refractivity contribution is 9.10. The van der Waals surface area contributed by atoms with E-state index in [0.717, 1.165) is 20.7 Å². The van der Waals surface area contributed by atoms with Gasteiger partial charge >= 0.3 is 5.69 Å². The van der Waals surface area contributed by atoms with Crippen molar-refractivity contribution in [2.45, 2.75) is 23.5 Å². The number of thioether (sulfide) groups is 1. The molecule has 1 aromatic heterocycles. The van der Waals surface area contributed by atoms with Crippen LogP contribution in [0, 0.1) is 17.0 Å². The first-order valence-electron chi connectivity index (χ1n) is 8.14. The van der Waals surface area contributed by atoms with E-state index in [4.69, 9.17) is 9.26 Å². The first-order chi connectivity index (χ1) is 13.0. The van der Waals surface area contributed by atoms with Gasteiger partial charge in [-0.15, -0.1) is 11.8 Å². The highest BCUT2D eigenvalue weighted by Gasteiger charge is 2.28. The molecule has 3 rings (SSSR count). The fraction of sp³-hybridized carbons (Fsp3) is 0.211. The Kier molecular flexibility index (Phi) is 6.18. The van der Waals surface area contributed by atoms with E-state index in [1.54, 1.807) is 25.8 Å². The van der Waals surface area contributed by atoms with Crippen molar-refractivity contribution >= 4 is 33.4 Å². The topological polar surface area (TPSA) is 78.4 Å². The molecular weight excluding hydrogens is 432 g/mol. The number of aromatic nitrogens is 1. The number of nitro groups is 1. The molecule has 0 fully saturated rings. The van der Waals surface area contributed by atoms with Crippen LogP contribution < -0.4 is 4.74 Å². The third-order valence-corrected chi connectivity index (χ3v) is 6.01. The average molecular weight is 449 g/mol. The van der Waals surface area contributed by atoms with Crippen molar-refractivity contribution in [3.05, 3.63) is 80.1 Å². The smallest absolute Gasteiger partial charge is 0.334 e. The van der Waals surface area contributed by atoms with Crippen LogP contribution in [-0.4, -0.2) is 17.2 Å². The Morgan fingerprint density at radius 2 is 1.96 bits per heavy atom. The van der Waals surface area contributed by atoms with E-state index >= 15 is 0 Å². The first kappa shape index (κ1) is 19.4. The number of rotatable bonds is 7. The maximum absolute atomic E-state index is 11.4. The molecule has 1 heterocycles. The van der Waals surface area contributed by atoms with E-state index in [1.165, 1.54) is 0 Å². The number of halogens is 1. The highest BCUT2D eigenvalue weighted by atomic mass is 79.9. The quantitative estimate of drug-likeness (QED) is 0.260. The zero-order valence-corrected chi connectivity index (χ0v) is 17.1. The molecule has 0 unspecified atom stereocenters. The molecule has 0 spiro atoms. The van der Waals surface area contributed by atoms with Crippen LogP contribution in [0.15, 0.2) is 62.4 Å². The molecule has 0 amide bonds. The van der Waals surface area contributed by atoms with Crippen LogP contribution in [0.5, 0.6) is 5.75 Å². The van der Waals surface area contributed by atoms with Crippen molar-refractivity contribution in [1.29, 1.82) is 0 Å². The fourth-order valence-electron chi connectivity index (χ4n) is 2.72. The predicted molar refractivity (Wildman–Crippen MR) is 107 cm³/mol. The van der Waals surface area contributed by atoms with Crippen LogP contribution in [-0.2, 0) is 6.42 Å². The van der Waals surface area contributed by atoms with Gasteiger partial charge in [0.15, 0.2) is 5.69 Å². The summed E-state index contributed by atoms with van der Waals surface area (Å²) in [5, 5.41) is 15.1. The summed E-state index contributed by atoms with van der Waals surface area (Å²) in [4.78, 5) is 12.0. The number of hydrogen-bond donors (Lipinski definition) is 0. The summed E-state index contributed by atoms with van der Waals surface area (Å²) in [5.74, 6) is 1.05. The second-order valence-electron chi connectivity index (χ2n) is 5.80. The van der Waals surface area contributed by atoms with Crippen molar-refractivity contribution < 1.29 is 14.2 Å². The normalized spacial score (nSPS) is 12.0. The molecule has 3 aromatic rings. The summed E-state index contributed by atoms with van der Waals surface area (Å²) < 4.78 is 11.4. The third-order valence-electron chi connectivity index (χ3n) is 4.04. The van der Waals surface area contributed by atoms with Gasteiger partial charge in [0, 0.05) is 21.0 Å². The molecule has 8 heteroatoms. The zero-order valence-electron chi connectivity index (χ0n) is 14.7. The van der Waals surface area contributed by atoms with E-state index in [0.29, 0.717) is 6.42 Å². The SMILES string of the molecule is COc1ccc(S[C@@H](Cc2onc(C)c2[N+](=O)[O-])c2ccccc2Br)cc1. The molecule has 0 bridgehead atoms. The Hall–Kier alpha value is -2.32. The summed E-state index contributed by atoms with van der Waals surface area (Å²) in [6, 6.07) is 15.5. The minimum absolute atomic E-state index is 0.0533. The van der Waals surface area contributed by atoms with Crippen LogP contribution in [0.2, 0.25) is 0 Å². The monoisotopic (exact) mass is 448 g/mol. The summed E-state index contributed by atoms with van der Waals surface area (Å²) in [5.41, 5.74) is 1.26. The van der Waals surface area contributed by atoms with E-state index in [9.17, 15) is 10.1 Å². The molecule has 2 aromatic carbocycles. The van der Waals surface area contributed by atoms with Crippen LogP contribution in [0.1, 0.15) is 22.3 Å². The van der Waals surface area contributed by atoms with E-state index in [2.05, 4.69) is 21.1 Å². The third kappa shape index (κ3) is 4.51. The van der Waals surface area contributed by atoms with Gasteiger partial charge in [-0.25, -0.2) is 0 Å². The Morgan fingerprint density at radius 3 is 2.59 bits per heavy atom. The lowest BCUT2D eigenvalue weighted by atomic mass is 10.1. The van der Waals surface area contributed by atoms with Crippen LogP contribution in [0.3, 0.4) is 0 Å². The van der Waals surface area contributed by atoms with Gasteiger partial charge in [-0.2, -0.15) is 0 Å². The van der Waals surface area contributed by atoms with E-state index < -0.39 is 4.92 Å². The molecule has 0 aliphatic rings.